The molecule has 2 rings (SSSR count). The number of carbonyl (C=O) groups excluding carboxylic acids is 2. The smallest absolute Gasteiger partial charge is 0.244 e. The van der Waals surface area contributed by atoms with E-state index in [2.05, 4.69) is 15.8 Å². The Morgan fingerprint density at radius 3 is 2.00 bits per heavy atom. The molecule has 0 atom stereocenters. The second kappa shape index (κ2) is 9.94. The number of nitrogens with zero attached hydrogens (tertiary/aromatic N) is 1. The van der Waals surface area contributed by atoms with Crippen LogP contribution < -0.4 is 10.7 Å². The molecule has 0 aliphatic carbocycles. The lowest BCUT2D eigenvalue weighted by Gasteiger charge is -2.06. The van der Waals surface area contributed by atoms with Gasteiger partial charge in [0.05, 0.1) is 12.8 Å². The summed E-state index contributed by atoms with van der Waals surface area (Å²) >= 11 is 11.6. The molecule has 136 valence electrons. The fraction of sp³-hybridized carbons (Fsp3) is 0.211. The zero-order chi connectivity index (χ0) is 18.9. The van der Waals surface area contributed by atoms with Crippen LogP contribution in [0.2, 0.25) is 10.0 Å². The number of carbonyl (C=O) groups is 2. The van der Waals surface area contributed by atoms with E-state index in [1.165, 1.54) is 0 Å². The van der Waals surface area contributed by atoms with Gasteiger partial charge in [-0.25, -0.2) is 5.43 Å². The van der Waals surface area contributed by atoms with E-state index in [1.807, 2.05) is 12.1 Å². The topological polar surface area (TPSA) is 70.6 Å². The molecule has 0 spiro atoms. The molecule has 0 saturated carbocycles. The highest BCUT2D eigenvalue weighted by Gasteiger charge is 2.06. The summed E-state index contributed by atoms with van der Waals surface area (Å²) in [5.74, 6) is -0.429. The van der Waals surface area contributed by atoms with Gasteiger partial charge in [-0.3, -0.25) is 9.59 Å². The van der Waals surface area contributed by atoms with Crippen molar-refractivity contribution in [1.29, 1.82) is 0 Å². The van der Waals surface area contributed by atoms with E-state index in [-0.39, 0.29) is 24.7 Å². The molecule has 0 unspecified atom stereocenters. The first-order valence-electron chi connectivity index (χ1n) is 8.00. The zero-order valence-corrected chi connectivity index (χ0v) is 15.8. The molecular formula is C19H19Cl2N3O2. The summed E-state index contributed by atoms with van der Waals surface area (Å²) in [5.41, 5.74) is 4.76. The Balaban J connectivity index is 1.74. The average molecular weight is 392 g/mol. The van der Waals surface area contributed by atoms with E-state index >= 15 is 0 Å². The Morgan fingerprint density at radius 2 is 1.42 bits per heavy atom. The van der Waals surface area contributed by atoms with Crippen LogP contribution in [0.15, 0.2) is 53.6 Å². The van der Waals surface area contributed by atoms with Gasteiger partial charge in [0, 0.05) is 22.3 Å². The van der Waals surface area contributed by atoms with Crippen molar-refractivity contribution in [2.45, 2.75) is 26.3 Å². The summed E-state index contributed by atoms with van der Waals surface area (Å²) in [6.07, 6.45) is 0.297. The molecule has 2 aromatic rings. The maximum Gasteiger partial charge on any atom is 0.244 e. The SMILES string of the molecule is C/C(CC(=O)NCc1ccc(Cl)cc1)=N\NC(=O)Cc1ccc(Cl)cc1. The molecule has 2 N–H and O–H groups in total. The molecule has 0 bridgehead atoms. The van der Waals surface area contributed by atoms with Gasteiger partial charge in [0.15, 0.2) is 0 Å². The fourth-order valence-corrected chi connectivity index (χ4v) is 2.37. The van der Waals surface area contributed by atoms with Crippen LogP contribution in [0.5, 0.6) is 0 Å². The van der Waals surface area contributed by atoms with E-state index in [1.54, 1.807) is 43.3 Å². The van der Waals surface area contributed by atoms with Crippen LogP contribution in [0.3, 0.4) is 0 Å². The Morgan fingerprint density at radius 1 is 0.885 bits per heavy atom. The highest BCUT2D eigenvalue weighted by Crippen LogP contribution is 2.10. The summed E-state index contributed by atoms with van der Waals surface area (Å²) in [6.45, 7) is 2.09. The Kier molecular flexibility index (Phi) is 7.63. The number of halogens is 2. The maximum atomic E-state index is 11.9. The lowest BCUT2D eigenvalue weighted by molar-refractivity contribution is -0.121. The molecule has 2 amide bonds. The number of hydrogen-bond acceptors (Lipinski definition) is 3. The van der Waals surface area contributed by atoms with Crippen molar-refractivity contribution in [3.05, 3.63) is 69.7 Å². The van der Waals surface area contributed by atoms with Crippen LogP contribution in [0.1, 0.15) is 24.5 Å². The third-order valence-corrected chi connectivity index (χ3v) is 3.97. The van der Waals surface area contributed by atoms with Gasteiger partial charge in [-0.15, -0.1) is 0 Å². The molecule has 0 aliphatic rings. The highest BCUT2D eigenvalue weighted by atomic mass is 35.5. The van der Waals surface area contributed by atoms with Crippen LogP contribution >= 0.6 is 23.2 Å². The van der Waals surface area contributed by atoms with Crippen LogP contribution in [0.4, 0.5) is 0 Å². The minimum absolute atomic E-state index is 0.106. The van der Waals surface area contributed by atoms with Crippen LogP contribution in [0.25, 0.3) is 0 Å². The van der Waals surface area contributed by atoms with E-state index in [0.29, 0.717) is 22.3 Å². The number of hydrazone groups is 1. The van der Waals surface area contributed by atoms with Gasteiger partial charge >= 0.3 is 0 Å². The molecule has 0 aliphatic heterocycles. The number of rotatable bonds is 7. The fourth-order valence-electron chi connectivity index (χ4n) is 2.12. The van der Waals surface area contributed by atoms with Gasteiger partial charge in [0.1, 0.15) is 0 Å². The maximum absolute atomic E-state index is 11.9. The van der Waals surface area contributed by atoms with Crippen molar-refractivity contribution in [2.24, 2.45) is 5.10 Å². The van der Waals surface area contributed by atoms with Crippen LogP contribution in [-0.4, -0.2) is 17.5 Å². The second-order valence-corrected chi connectivity index (χ2v) is 6.64. The minimum Gasteiger partial charge on any atom is -0.352 e. The monoisotopic (exact) mass is 391 g/mol. The first kappa shape index (κ1) is 19.9. The van der Waals surface area contributed by atoms with Crippen molar-refractivity contribution in [1.82, 2.24) is 10.7 Å². The predicted octanol–water partition coefficient (Wildman–Crippen LogP) is 3.73. The van der Waals surface area contributed by atoms with Gasteiger partial charge in [0.2, 0.25) is 11.8 Å². The molecule has 0 radical (unpaired) electrons. The average Bonchev–Trinajstić information content (AvgIpc) is 2.61. The summed E-state index contributed by atoms with van der Waals surface area (Å²) in [7, 11) is 0. The largest absolute Gasteiger partial charge is 0.352 e. The van der Waals surface area contributed by atoms with Crippen molar-refractivity contribution in [3.63, 3.8) is 0 Å². The van der Waals surface area contributed by atoms with Crippen LogP contribution in [-0.2, 0) is 22.6 Å². The molecule has 0 saturated heterocycles. The summed E-state index contributed by atoms with van der Waals surface area (Å²) in [4.78, 5) is 23.8. The highest BCUT2D eigenvalue weighted by molar-refractivity contribution is 6.30. The van der Waals surface area contributed by atoms with Crippen molar-refractivity contribution in [2.75, 3.05) is 0 Å². The van der Waals surface area contributed by atoms with Gasteiger partial charge in [-0.2, -0.15) is 5.10 Å². The molecule has 0 aromatic heterocycles. The molecule has 26 heavy (non-hydrogen) atoms. The first-order chi connectivity index (χ1) is 12.4. The molecule has 2 aromatic carbocycles. The molecular weight excluding hydrogens is 373 g/mol. The van der Waals surface area contributed by atoms with Gasteiger partial charge in [0.25, 0.3) is 0 Å². The molecule has 0 heterocycles. The quantitative estimate of drug-likeness (QED) is 0.557. The number of hydrogen-bond donors (Lipinski definition) is 2. The van der Waals surface area contributed by atoms with E-state index in [9.17, 15) is 9.59 Å². The third kappa shape index (κ3) is 7.25. The summed E-state index contributed by atoms with van der Waals surface area (Å²) in [6, 6.07) is 14.2. The van der Waals surface area contributed by atoms with Gasteiger partial charge < -0.3 is 5.32 Å². The molecule has 0 fully saturated rings. The number of benzene rings is 2. The number of amides is 2. The van der Waals surface area contributed by atoms with Crippen molar-refractivity contribution < 1.29 is 9.59 Å². The predicted molar refractivity (Wildman–Crippen MR) is 104 cm³/mol. The van der Waals surface area contributed by atoms with Crippen molar-refractivity contribution >= 4 is 40.7 Å². The Hall–Kier alpha value is -2.37. The lowest BCUT2D eigenvalue weighted by atomic mass is 10.1. The minimum atomic E-state index is -0.256. The van der Waals surface area contributed by atoms with Gasteiger partial charge in [-0.05, 0) is 42.3 Å². The zero-order valence-electron chi connectivity index (χ0n) is 14.3. The number of nitrogens with one attached hydrogen (secondary N) is 2. The third-order valence-electron chi connectivity index (χ3n) is 3.47. The standard InChI is InChI=1S/C19H19Cl2N3O2/c1-13(10-18(25)22-12-15-4-8-17(21)9-5-15)23-24-19(26)11-14-2-6-16(20)7-3-14/h2-9H,10-12H2,1H3,(H,22,25)(H,24,26)/b23-13+. The van der Waals surface area contributed by atoms with Crippen molar-refractivity contribution in [3.8, 4) is 0 Å². The molecule has 7 heteroatoms. The second-order valence-electron chi connectivity index (χ2n) is 5.77. The van der Waals surface area contributed by atoms with Crippen LogP contribution in [0, 0.1) is 0 Å². The lowest BCUT2D eigenvalue weighted by Crippen LogP contribution is -2.26. The van der Waals surface area contributed by atoms with E-state index in [0.717, 1.165) is 11.1 Å². The summed E-state index contributed by atoms with van der Waals surface area (Å²) in [5, 5.41) is 8.02. The van der Waals surface area contributed by atoms with Gasteiger partial charge in [-0.1, -0.05) is 47.5 Å². The Labute approximate surface area is 162 Å². The summed E-state index contributed by atoms with van der Waals surface area (Å²) < 4.78 is 0. The van der Waals surface area contributed by atoms with E-state index in [4.69, 9.17) is 23.2 Å². The Bertz CT molecular complexity index is 787. The van der Waals surface area contributed by atoms with E-state index < -0.39 is 0 Å². The molecule has 5 nitrogen and oxygen atoms in total. The normalized spacial score (nSPS) is 11.1. The first-order valence-corrected chi connectivity index (χ1v) is 8.75.